The SMILES string of the molecule is [B]c1cncc(OCF)c1. The van der Waals surface area contributed by atoms with Gasteiger partial charge in [0.05, 0.1) is 6.20 Å². The molecule has 50 valence electrons. The van der Waals surface area contributed by atoms with Crippen molar-refractivity contribution in [3.05, 3.63) is 18.5 Å². The Bertz CT molecular complexity index is 219. The van der Waals surface area contributed by atoms with Crippen LogP contribution in [-0.2, 0) is 0 Å². The molecule has 0 aliphatic rings. The van der Waals surface area contributed by atoms with E-state index < -0.39 is 6.86 Å². The molecule has 0 amide bonds. The van der Waals surface area contributed by atoms with Crippen LogP contribution in [0.25, 0.3) is 0 Å². The molecule has 1 rings (SSSR count). The van der Waals surface area contributed by atoms with Crippen molar-refractivity contribution in [2.45, 2.75) is 0 Å². The normalized spacial score (nSPS) is 9.30. The van der Waals surface area contributed by atoms with Crippen molar-refractivity contribution >= 4 is 13.3 Å². The maximum Gasteiger partial charge on any atom is 0.228 e. The third kappa shape index (κ3) is 1.72. The Morgan fingerprint density at radius 2 is 2.40 bits per heavy atom. The molecule has 0 N–H and O–H groups in total. The van der Waals surface area contributed by atoms with E-state index in [0.29, 0.717) is 11.2 Å². The molecule has 1 heterocycles. The molecule has 4 heteroatoms. The molecular weight excluding hydrogens is 132 g/mol. The summed E-state index contributed by atoms with van der Waals surface area (Å²) in [5.74, 6) is 0.350. The van der Waals surface area contributed by atoms with Crippen LogP contribution in [0.2, 0.25) is 0 Å². The van der Waals surface area contributed by atoms with E-state index in [1.807, 2.05) is 0 Å². The maximum atomic E-state index is 11.5. The summed E-state index contributed by atoms with van der Waals surface area (Å²) < 4.78 is 16.0. The van der Waals surface area contributed by atoms with Gasteiger partial charge >= 0.3 is 0 Å². The monoisotopic (exact) mass is 137 g/mol. The van der Waals surface area contributed by atoms with E-state index in [1.165, 1.54) is 18.5 Å². The van der Waals surface area contributed by atoms with Gasteiger partial charge in [-0.05, 0) is 6.07 Å². The fourth-order valence-electron chi connectivity index (χ4n) is 0.578. The smallest absolute Gasteiger partial charge is 0.228 e. The van der Waals surface area contributed by atoms with Gasteiger partial charge < -0.3 is 4.74 Å². The van der Waals surface area contributed by atoms with E-state index in [-0.39, 0.29) is 0 Å². The number of ether oxygens (including phenoxy) is 1. The Morgan fingerprint density at radius 1 is 1.60 bits per heavy atom. The molecule has 1 aromatic heterocycles. The zero-order chi connectivity index (χ0) is 7.40. The van der Waals surface area contributed by atoms with Crippen LogP contribution < -0.4 is 10.2 Å². The quantitative estimate of drug-likeness (QED) is 0.542. The van der Waals surface area contributed by atoms with E-state index >= 15 is 0 Å². The first-order valence-electron chi connectivity index (χ1n) is 2.72. The second-order valence-corrected chi connectivity index (χ2v) is 1.71. The molecule has 0 aliphatic heterocycles. The minimum atomic E-state index is -0.856. The average Bonchev–Trinajstić information content (AvgIpc) is 1.88. The van der Waals surface area contributed by atoms with Crippen LogP contribution in [0.5, 0.6) is 5.75 Å². The first kappa shape index (κ1) is 7.06. The number of nitrogens with zero attached hydrogens (tertiary/aromatic N) is 1. The number of alkyl halides is 1. The van der Waals surface area contributed by atoms with Gasteiger partial charge in [-0.25, -0.2) is 4.39 Å². The summed E-state index contributed by atoms with van der Waals surface area (Å²) in [5, 5.41) is 0. The molecule has 1 aromatic rings. The molecule has 0 bridgehead atoms. The van der Waals surface area contributed by atoms with Gasteiger partial charge in [-0.1, -0.05) is 5.46 Å². The van der Waals surface area contributed by atoms with Crippen LogP contribution >= 0.6 is 0 Å². The van der Waals surface area contributed by atoms with Crippen molar-refractivity contribution in [3.63, 3.8) is 0 Å². The third-order valence-electron chi connectivity index (χ3n) is 0.956. The maximum absolute atomic E-state index is 11.5. The van der Waals surface area contributed by atoms with Crippen LogP contribution in [0.15, 0.2) is 18.5 Å². The van der Waals surface area contributed by atoms with E-state index in [0.717, 1.165) is 0 Å². The van der Waals surface area contributed by atoms with Crippen molar-refractivity contribution in [1.29, 1.82) is 0 Å². The highest BCUT2D eigenvalue weighted by atomic mass is 19.1. The van der Waals surface area contributed by atoms with Gasteiger partial charge in [0.2, 0.25) is 6.86 Å². The van der Waals surface area contributed by atoms with Crippen molar-refractivity contribution in [1.82, 2.24) is 4.98 Å². The number of hydrogen-bond acceptors (Lipinski definition) is 2. The van der Waals surface area contributed by atoms with Gasteiger partial charge in [-0.3, -0.25) is 4.98 Å². The molecule has 2 nitrogen and oxygen atoms in total. The lowest BCUT2D eigenvalue weighted by molar-refractivity contribution is 0.191. The Hall–Kier alpha value is -1.06. The third-order valence-corrected chi connectivity index (χ3v) is 0.956. The molecule has 0 atom stereocenters. The summed E-state index contributed by atoms with van der Waals surface area (Å²) in [7, 11) is 5.32. The molecule has 0 aromatic carbocycles. The first-order valence-corrected chi connectivity index (χ1v) is 2.72. The molecule has 0 aliphatic carbocycles. The number of aromatic nitrogens is 1. The summed E-state index contributed by atoms with van der Waals surface area (Å²) in [5.41, 5.74) is 0.464. The molecule has 2 radical (unpaired) electrons. The summed E-state index contributed by atoms with van der Waals surface area (Å²) in [6.45, 7) is -0.856. The number of hydrogen-bond donors (Lipinski definition) is 0. The number of rotatable bonds is 2. The summed E-state index contributed by atoms with van der Waals surface area (Å²) in [6, 6.07) is 1.51. The van der Waals surface area contributed by atoms with Crippen LogP contribution in [0, 0.1) is 0 Å². The standard InChI is InChI=1S/C6H5BFNO/c7-5-1-6(10-4-8)3-9-2-5/h1-3H,4H2. The minimum Gasteiger partial charge on any atom is -0.461 e. The number of pyridine rings is 1. The average molecular weight is 137 g/mol. The Labute approximate surface area is 59.4 Å². The number of halogens is 1. The molecule has 10 heavy (non-hydrogen) atoms. The fourth-order valence-corrected chi connectivity index (χ4v) is 0.578. The van der Waals surface area contributed by atoms with Crippen molar-refractivity contribution < 1.29 is 9.13 Å². The lowest BCUT2D eigenvalue weighted by atomic mass is 9.99. The highest BCUT2D eigenvalue weighted by Gasteiger charge is 1.91. The van der Waals surface area contributed by atoms with Crippen molar-refractivity contribution in [3.8, 4) is 5.75 Å². The van der Waals surface area contributed by atoms with Gasteiger partial charge in [0.25, 0.3) is 0 Å². The molecule has 0 fully saturated rings. The fraction of sp³-hybridized carbons (Fsp3) is 0.167. The Balaban J connectivity index is 2.75. The predicted molar refractivity (Wildman–Crippen MR) is 36.2 cm³/mol. The van der Waals surface area contributed by atoms with Gasteiger partial charge in [0.1, 0.15) is 13.6 Å². The predicted octanol–water partition coefficient (Wildman–Crippen LogP) is 0.181. The van der Waals surface area contributed by atoms with Crippen LogP contribution in [-0.4, -0.2) is 19.7 Å². The van der Waals surface area contributed by atoms with Crippen LogP contribution in [0.1, 0.15) is 0 Å². The van der Waals surface area contributed by atoms with Crippen molar-refractivity contribution in [2.75, 3.05) is 6.86 Å². The van der Waals surface area contributed by atoms with E-state index in [1.54, 1.807) is 0 Å². The van der Waals surface area contributed by atoms with Gasteiger partial charge in [0, 0.05) is 6.20 Å². The Kier molecular flexibility index (Phi) is 2.26. The largest absolute Gasteiger partial charge is 0.461 e. The lowest BCUT2D eigenvalue weighted by Gasteiger charge is -1.99. The van der Waals surface area contributed by atoms with Gasteiger partial charge in [0.15, 0.2) is 0 Å². The minimum absolute atomic E-state index is 0.350. The molecule has 0 saturated carbocycles. The first-order chi connectivity index (χ1) is 4.83. The zero-order valence-corrected chi connectivity index (χ0v) is 5.25. The van der Waals surface area contributed by atoms with E-state index in [4.69, 9.17) is 7.85 Å². The second kappa shape index (κ2) is 3.20. The highest BCUT2D eigenvalue weighted by Crippen LogP contribution is 2.03. The summed E-state index contributed by atoms with van der Waals surface area (Å²) >= 11 is 0. The van der Waals surface area contributed by atoms with Crippen LogP contribution in [0.3, 0.4) is 0 Å². The Morgan fingerprint density at radius 3 is 3.00 bits per heavy atom. The topological polar surface area (TPSA) is 22.1 Å². The van der Waals surface area contributed by atoms with Gasteiger partial charge in [-0.2, -0.15) is 0 Å². The molecule has 0 unspecified atom stereocenters. The zero-order valence-electron chi connectivity index (χ0n) is 5.25. The highest BCUT2D eigenvalue weighted by molar-refractivity contribution is 6.32. The van der Waals surface area contributed by atoms with E-state index in [2.05, 4.69) is 9.72 Å². The summed E-state index contributed by atoms with van der Waals surface area (Å²) in [6.07, 6.45) is 2.86. The van der Waals surface area contributed by atoms with Crippen molar-refractivity contribution in [2.24, 2.45) is 0 Å². The molecular formula is C6H5BFNO. The van der Waals surface area contributed by atoms with Crippen LogP contribution in [0.4, 0.5) is 4.39 Å². The van der Waals surface area contributed by atoms with Gasteiger partial charge in [-0.15, -0.1) is 0 Å². The molecule has 0 saturated heterocycles. The summed E-state index contributed by atoms with van der Waals surface area (Å²) in [4.78, 5) is 3.69. The second-order valence-electron chi connectivity index (χ2n) is 1.71. The molecule has 0 spiro atoms. The van der Waals surface area contributed by atoms with E-state index in [9.17, 15) is 4.39 Å². The lowest BCUT2D eigenvalue weighted by Crippen LogP contribution is -2.03.